The second kappa shape index (κ2) is 6.38. The van der Waals surface area contributed by atoms with Crippen LogP contribution in [0.4, 0.5) is 0 Å². The van der Waals surface area contributed by atoms with Crippen LogP contribution in [-0.4, -0.2) is 31.6 Å². The van der Waals surface area contributed by atoms with Crippen molar-refractivity contribution in [3.63, 3.8) is 0 Å². The van der Waals surface area contributed by atoms with Crippen LogP contribution in [0.15, 0.2) is 16.8 Å². The van der Waals surface area contributed by atoms with Gasteiger partial charge in [0.05, 0.1) is 0 Å². The quantitative estimate of drug-likeness (QED) is 0.819. The van der Waals surface area contributed by atoms with E-state index in [-0.39, 0.29) is 0 Å². The van der Waals surface area contributed by atoms with E-state index in [1.165, 1.54) is 44.5 Å². The van der Waals surface area contributed by atoms with Gasteiger partial charge in [0.25, 0.3) is 0 Å². The Morgan fingerprint density at radius 1 is 1.56 bits per heavy atom. The van der Waals surface area contributed by atoms with E-state index in [1.54, 1.807) is 11.3 Å². The number of hydrogen-bond donors (Lipinski definition) is 1. The summed E-state index contributed by atoms with van der Waals surface area (Å²) in [5.41, 5.74) is 1.45. The molecule has 1 unspecified atom stereocenters. The third-order valence-corrected chi connectivity index (χ3v) is 4.08. The highest BCUT2D eigenvalue weighted by Gasteiger charge is 2.13. The van der Waals surface area contributed by atoms with Crippen molar-refractivity contribution in [2.75, 3.05) is 26.7 Å². The first-order valence-electron chi connectivity index (χ1n) is 6.25. The lowest BCUT2D eigenvalue weighted by Crippen LogP contribution is -2.19. The molecule has 90 valence electrons. The molecule has 2 rings (SSSR count). The maximum atomic E-state index is 3.43. The van der Waals surface area contributed by atoms with Gasteiger partial charge in [0, 0.05) is 6.54 Å². The van der Waals surface area contributed by atoms with Gasteiger partial charge in [0.1, 0.15) is 0 Å². The summed E-state index contributed by atoms with van der Waals surface area (Å²) in [6.45, 7) is 4.81. The fourth-order valence-electron chi connectivity index (χ4n) is 2.38. The van der Waals surface area contributed by atoms with Gasteiger partial charge < -0.3 is 10.2 Å². The van der Waals surface area contributed by atoms with Gasteiger partial charge in [0.15, 0.2) is 0 Å². The molecule has 1 aliphatic rings. The molecule has 0 aliphatic carbocycles. The molecule has 3 heteroatoms. The lowest BCUT2D eigenvalue weighted by molar-refractivity contribution is 0.308. The molecule has 0 bridgehead atoms. The Bertz CT molecular complexity index is 278. The van der Waals surface area contributed by atoms with Crippen LogP contribution in [0.1, 0.15) is 24.8 Å². The average molecular weight is 238 g/mol. The van der Waals surface area contributed by atoms with Gasteiger partial charge in [-0.1, -0.05) is 0 Å². The highest BCUT2D eigenvalue weighted by Crippen LogP contribution is 2.15. The number of nitrogens with one attached hydrogen (secondary N) is 1. The van der Waals surface area contributed by atoms with Gasteiger partial charge in [0.2, 0.25) is 0 Å². The molecule has 1 N–H and O–H groups in total. The van der Waals surface area contributed by atoms with Gasteiger partial charge in [-0.15, -0.1) is 0 Å². The number of hydrogen-bond acceptors (Lipinski definition) is 3. The molecule has 0 saturated carbocycles. The first-order valence-corrected chi connectivity index (χ1v) is 7.19. The predicted octanol–water partition coefficient (Wildman–Crippen LogP) is 2.57. The van der Waals surface area contributed by atoms with Gasteiger partial charge in [-0.25, -0.2) is 0 Å². The van der Waals surface area contributed by atoms with E-state index < -0.39 is 0 Å². The second-order valence-electron chi connectivity index (χ2n) is 4.87. The minimum absolute atomic E-state index is 0.939. The van der Waals surface area contributed by atoms with E-state index in [9.17, 15) is 0 Å². The van der Waals surface area contributed by atoms with Crippen molar-refractivity contribution < 1.29 is 0 Å². The molecule has 0 amide bonds. The zero-order valence-corrected chi connectivity index (χ0v) is 10.9. The molecule has 16 heavy (non-hydrogen) atoms. The fraction of sp³-hybridized carbons (Fsp3) is 0.692. The Morgan fingerprint density at radius 3 is 3.19 bits per heavy atom. The Kier molecular flexibility index (Phi) is 4.82. The summed E-state index contributed by atoms with van der Waals surface area (Å²) < 4.78 is 0. The third kappa shape index (κ3) is 3.89. The van der Waals surface area contributed by atoms with E-state index in [0.717, 1.165) is 12.5 Å². The van der Waals surface area contributed by atoms with Gasteiger partial charge in [-0.3, -0.25) is 0 Å². The molecule has 0 spiro atoms. The van der Waals surface area contributed by atoms with Crippen molar-refractivity contribution in [3.8, 4) is 0 Å². The summed E-state index contributed by atoms with van der Waals surface area (Å²) in [4.78, 5) is 2.43. The number of rotatable bonds is 6. The summed E-state index contributed by atoms with van der Waals surface area (Å²) in [5.74, 6) is 0.939. The molecule has 0 aromatic carbocycles. The van der Waals surface area contributed by atoms with Crippen molar-refractivity contribution in [1.29, 1.82) is 0 Å². The van der Waals surface area contributed by atoms with E-state index >= 15 is 0 Å². The molecule has 1 aromatic rings. The monoisotopic (exact) mass is 238 g/mol. The van der Waals surface area contributed by atoms with Crippen molar-refractivity contribution in [2.45, 2.75) is 25.8 Å². The van der Waals surface area contributed by atoms with Gasteiger partial charge in [-0.2, -0.15) is 11.3 Å². The van der Waals surface area contributed by atoms with E-state index in [2.05, 4.69) is 34.1 Å². The van der Waals surface area contributed by atoms with Crippen LogP contribution >= 0.6 is 11.3 Å². The maximum absolute atomic E-state index is 3.43. The zero-order chi connectivity index (χ0) is 11.2. The number of thiophene rings is 1. The van der Waals surface area contributed by atoms with Crippen molar-refractivity contribution in [1.82, 2.24) is 10.2 Å². The summed E-state index contributed by atoms with van der Waals surface area (Å²) in [6, 6.07) is 2.22. The highest BCUT2D eigenvalue weighted by atomic mass is 32.1. The second-order valence-corrected chi connectivity index (χ2v) is 5.65. The van der Waals surface area contributed by atoms with Crippen molar-refractivity contribution >= 4 is 11.3 Å². The van der Waals surface area contributed by atoms with Crippen LogP contribution in [0, 0.1) is 5.92 Å². The fourth-order valence-corrected chi connectivity index (χ4v) is 3.04. The van der Waals surface area contributed by atoms with Crippen LogP contribution in [0.25, 0.3) is 0 Å². The largest absolute Gasteiger partial charge is 0.316 e. The summed E-state index contributed by atoms with van der Waals surface area (Å²) >= 11 is 1.79. The minimum atomic E-state index is 0.939. The maximum Gasteiger partial charge on any atom is 0.0238 e. The highest BCUT2D eigenvalue weighted by molar-refractivity contribution is 7.07. The van der Waals surface area contributed by atoms with Crippen LogP contribution in [-0.2, 0) is 6.54 Å². The molecular weight excluding hydrogens is 216 g/mol. The molecule has 1 aromatic heterocycles. The van der Waals surface area contributed by atoms with E-state index in [4.69, 9.17) is 0 Å². The third-order valence-electron chi connectivity index (χ3n) is 3.35. The average Bonchev–Trinajstić information content (AvgIpc) is 2.90. The Balaban J connectivity index is 1.58. The minimum Gasteiger partial charge on any atom is -0.316 e. The zero-order valence-electron chi connectivity index (χ0n) is 10.1. The normalized spacial score (nSPS) is 20.8. The molecule has 2 nitrogen and oxygen atoms in total. The Labute approximate surface area is 103 Å². The van der Waals surface area contributed by atoms with Crippen molar-refractivity contribution in [2.24, 2.45) is 5.92 Å². The SMILES string of the molecule is CN(CCCC1CCNC1)Cc1ccsc1. The molecule has 1 atom stereocenters. The molecule has 1 fully saturated rings. The summed E-state index contributed by atoms with van der Waals surface area (Å²) in [7, 11) is 2.23. The van der Waals surface area contributed by atoms with Gasteiger partial charge in [-0.05, 0) is 74.3 Å². The smallest absolute Gasteiger partial charge is 0.0238 e. The lowest BCUT2D eigenvalue weighted by Gasteiger charge is -2.16. The first kappa shape index (κ1) is 12.1. The Hall–Kier alpha value is -0.380. The molecule has 0 radical (unpaired) electrons. The van der Waals surface area contributed by atoms with E-state index in [0.29, 0.717) is 0 Å². The predicted molar refractivity (Wildman–Crippen MR) is 70.9 cm³/mol. The molecule has 1 aliphatic heterocycles. The van der Waals surface area contributed by atoms with E-state index in [1.807, 2.05) is 0 Å². The van der Waals surface area contributed by atoms with Crippen LogP contribution in [0.5, 0.6) is 0 Å². The summed E-state index contributed by atoms with van der Waals surface area (Å²) in [6.07, 6.45) is 4.11. The lowest BCUT2D eigenvalue weighted by atomic mass is 10.0. The molecule has 1 saturated heterocycles. The summed E-state index contributed by atoms with van der Waals surface area (Å²) in [5, 5.41) is 7.84. The van der Waals surface area contributed by atoms with Crippen molar-refractivity contribution in [3.05, 3.63) is 22.4 Å². The van der Waals surface area contributed by atoms with Crippen LogP contribution in [0.2, 0.25) is 0 Å². The standard InChI is InChI=1S/C13H22N2S/c1-15(10-13-5-8-16-11-13)7-2-3-12-4-6-14-9-12/h5,8,11-12,14H,2-4,6-7,9-10H2,1H3. The number of nitrogens with zero attached hydrogens (tertiary/aromatic N) is 1. The van der Waals surface area contributed by atoms with Crippen LogP contribution < -0.4 is 5.32 Å². The molecule has 2 heterocycles. The molecular formula is C13H22N2S. The topological polar surface area (TPSA) is 15.3 Å². The first-order chi connectivity index (χ1) is 7.84. The van der Waals surface area contributed by atoms with Gasteiger partial charge >= 0.3 is 0 Å². The van der Waals surface area contributed by atoms with Crippen LogP contribution in [0.3, 0.4) is 0 Å². The Morgan fingerprint density at radius 2 is 2.50 bits per heavy atom.